The summed E-state index contributed by atoms with van der Waals surface area (Å²) in [6.07, 6.45) is 1.49. The lowest BCUT2D eigenvalue weighted by Gasteiger charge is -2.19. The van der Waals surface area contributed by atoms with E-state index in [2.05, 4.69) is 11.1 Å². The number of thiophene rings is 1. The van der Waals surface area contributed by atoms with Crippen LogP contribution in [0.1, 0.15) is 19.4 Å². The summed E-state index contributed by atoms with van der Waals surface area (Å²) in [7, 11) is 1.52. The molecule has 8 heteroatoms. The van der Waals surface area contributed by atoms with Gasteiger partial charge in [0, 0.05) is 10.9 Å². The van der Waals surface area contributed by atoms with Crippen molar-refractivity contribution in [3.8, 4) is 33.7 Å². The summed E-state index contributed by atoms with van der Waals surface area (Å²) in [5.74, 6) is 0.912. The molecule has 162 valence electrons. The second kappa shape index (κ2) is 8.46. The quantitative estimate of drug-likeness (QED) is 0.477. The number of hydrogen-bond donors (Lipinski definition) is 1. The van der Waals surface area contributed by atoms with Gasteiger partial charge in [0.05, 0.1) is 35.5 Å². The Labute approximate surface area is 188 Å². The van der Waals surface area contributed by atoms with Gasteiger partial charge >= 0.3 is 0 Å². The maximum absolute atomic E-state index is 13.2. The van der Waals surface area contributed by atoms with Crippen molar-refractivity contribution in [2.75, 3.05) is 13.7 Å². The first-order valence-corrected chi connectivity index (χ1v) is 10.7. The average molecular weight is 448 g/mol. The third-order valence-corrected chi connectivity index (χ3v) is 5.88. The van der Waals surface area contributed by atoms with E-state index in [1.807, 2.05) is 18.2 Å². The van der Waals surface area contributed by atoms with Gasteiger partial charge in [-0.3, -0.25) is 9.36 Å². The summed E-state index contributed by atoms with van der Waals surface area (Å²) in [5.41, 5.74) is 1.43. The lowest BCUT2D eigenvalue weighted by atomic mass is 10.1. The highest BCUT2D eigenvalue weighted by atomic mass is 32.1. The van der Waals surface area contributed by atoms with Crippen LogP contribution in [0.25, 0.3) is 26.3 Å². The Hall–Kier alpha value is -3.67. The molecule has 0 atom stereocenters. The lowest BCUT2D eigenvalue weighted by Crippen LogP contribution is -2.28. The first kappa shape index (κ1) is 21.6. The van der Waals surface area contributed by atoms with Crippen LogP contribution in [0.15, 0.2) is 59.7 Å². The van der Waals surface area contributed by atoms with Crippen molar-refractivity contribution in [1.29, 1.82) is 5.26 Å². The Bertz CT molecular complexity index is 1390. The van der Waals surface area contributed by atoms with Crippen molar-refractivity contribution in [2.24, 2.45) is 0 Å². The third-order valence-electron chi connectivity index (χ3n) is 4.72. The highest BCUT2D eigenvalue weighted by Gasteiger charge is 2.17. The van der Waals surface area contributed by atoms with E-state index in [1.54, 1.807) is 44.2 Å². The molecule has 1 N–H and O–H groups in total. The Morgan fingerprint density at radius 3 is 2.72 bits per heavy atom. The number of aliphatic hydroxyl groups is 1. The SMILES string of the molecule is COc1cc(-n2cnc3cc(-c4cccc(C#N)c4)sc3c2=O)ccc1OCC(C)(C)O. The summed E-state index contributed by atoms with van der Waals surface area (Å²) in [6.45, 7) is 3.40. The van der Waals surface area contributed by atoms with Crippen molar-refractivity contribution in [3.05, 3.63) is 70.8 Å². The number of nitriles is 1. The predicted molar refractivity (Wildman–Crippen MR) is 124 cm³/mol. The molecular formula is C24H21N3O4S. The maximum atomic E-state index is 13.2. The third kappa shape index (κ3) is 4.35. The molecule has 0 unspecified atom stereocenters. The lowest BCUT2D eigenvalue weighted by molar-refractivity contribution is 0.0276. The highest BCUT2D eigenvalue weighted by Crippen LogP contribution is 2.33. The molecule has 0 fully saturated rings. The van der Waals surface area contributed by atoms with E-state index < -0.39 is 5.60 Å². The molecule has 7 nitrogen and oxygen atoms in total. The molecule has 0 amide bonds. The molecule has 0 aliphatic rings. The van der Waals surface area contributed by atoms with Crippen molar-refractivity contribution in [1.82, 2.24) is 9.55 Å². The van der Waals surface area contributed by atoms with Gasteiger partial charge in [-0.05, 0) is 49.7 Å². The molecule has 0 saturated carbocycles. The van der Waals surface area contributed by atoms with Crippen LogP contribution in [-0.4, -0.2) is 34.0 Å². The predicted octanol–water partition coefficient (Wildman–Crippen LogP) is 4.14. The smallest absolute Gasteiger partial charge is 0.275 e. The number of ether oxygens (including phenoxy) is 2. The highest BCUT2D eigenvalue weighted by molar-refractivity contribution is 7.22. The van der Waals surface area contributed by atoms with Crippen LogP contribution >= 0.6 is 11.3 Å². The Balaban J connectivity index is 1.73. The Kier molecular flexibility index (Phi) is 5.70. The summed E-state index contributed by atoms with van der Waals surface area (Å²) >= 11 is 1.34. The van der Waals surface area contributed by atoms with E-state index in [1.165, 1.54) is 29.3 Å². The molecular weight excluding hydrogens is 426 g/mol. The first-order valence-electron chi connectivity index (χ1n) is 9.84. The zero-order valence-corrected chi connectivity index (χ0v) is 18.6. The second-order valence-electron chi connectivity index (χ2n) is 7.87. The molecule has 2 heterocycles. The van der Waals surface area contributed by atoms with Crippen LogP contribution in [-0.2, 0) is 0 Å². The van der Waals surface area contributed by atoms with Crippen molar-refractivity contribution in [3.63, 3.8) is 0 Å². The van der Waals surface area contributed by atoms with Crippen LogP contribution in [0.5, 0.6) is 11.5 Å². The molecule has 0 radical (unpaired) electrons. The number of aromatic nitrogens is 2. The number of methoxy groups -OCH3 is 1. The molecule has 2 aromatic carbocycles. The van der Waals surface area contributed by atoms with Gasteiger partial charge in [0.25, 0.3) is 5.56 Å². The van der Waals surface area contributed by atoms with E-state index in [0.29, 0.717) is 33.0 Å². The van der Waals surface area contributed by atoms with Crippen LogP contribution in [0.3, 0.4) is 0 Å². The van der Waals surface area contributed by atoms with Gasteiger partial charge in [0.1, 0.15) is 17.6 Å². The zero-order chi connectivity index (χ0) is 22.9. The van der Waals surface area contributed by atoms with Gasteiger partial charge in [-0.1, -0.05) is 12.1 Å². The van der Waals surface area contributed by atoms with Gasteiger partial charge in [-0.2, -0.15) is 5.26 Å². The van der Waals surface area contributed by atoms with Crippen LogP contribution < -0.4 is 15.0 Å². The van der Waals surface area contributed by atoms with Gasteiger partial charge in [-0.15, -0.1) is 11.3 Å². The molecule has 0 aliphatic heterocycles. The fraction of sp³-hybridized carbons (Fsp3) is 0.208. The second-order valence-corrected chi connectivity index (χ2v) is 8.93. The van der Waals surface area contributed by atoms with Gasteiger partial charge in [-0.25, -0.2) is 4.98 Å². The number of rotatable bonds is 6. The van der Waals surface area contributed by atoms with Crippen molar-refractivity contribution >= 4 is 21.6 Å². The van der Waals surface area contributed by atoms with Crippen LogP contribution in [0, 0.1) is 11.3 Å². The number of benzene rings is 2. The molecule has 0 spiro atoms. The van der Waals surface area contributed by atoms with Crippen LogP contribution in [0.4, 0.5) is 0 Å². The Morgan fingerprint density at radius 1 is 1.19 bits per heavy atom. The topological polar surface area (TPSA) is 97.4 Å². The van der Waals surface area contributed by atoms with Gasteiger partial charge in [0.15, 0.2) is 11.5 Å². The Morgan fingerprint density at radius 2 is 2.00 bits per heavy atom. The van der Waals surface area contributed by atoms with E-state index in [0.717, 1.165) is 10.4 Å². The molecule has 4 aromatic rings. The van der Waals surface area contributed by atoms with Gasteiger partial charge in [0.2, 0.25) is 0 Å². The minimum absolute atomic E-state index is 0.0984. The van der Waals surface area contributed by atoms with Crippen molar-refractivity contribution < 1.29 is 14.6 Å². The van der Waals surface area contributed by atoms with E-state index in [-0.39, 0.29) is 12.2 Å². The minimum Gasteiger partial charge on any atom is -0.493 e. The molecule has 0 aliphatic carbocycles. The largest absolute Gasteiger partial charge is 0.493 e. The van der Waals surface area contributed by atoms with Gasteiger partial charge < -0.3 is 14.6 Å². The molecule has 0 saturated heterocycles. The van der Waals surface area contributed by atoms with Crippen LogP contribution in [0.2, 0.25) is 0 Å². The van der Waals surface area contributed by atoms with Crippen molar-refractivity contribution in [2.45, 2.75) is 19.4 Å². The summed E-state index contributed by atoms with van der Waals surface area (Å²) in [4.78, 5) is 18.5. The first-order chi connectivity index (χ1) is 15.3. The fourth-order valence-electron chi connectivity index (χ4n) is 3.16. The maximum Gasteiger partial charge on any atom is 0.275 e. The van der Waals surface area contributed by atoms with E-state index in [9.17, 15) is 9.90 Å². The normalized spacial score (nSPS) is 11.3. The monoisotopic (exact) mass is 447 g/mol. The summed E-state index contributed by atoms with van der Waals surface area (Å²) < 4.78 is 13.0. The average Bonchev–Trinajstić information content (AvgIpc) is 3.23. The number of nitrogens with zero attached hydrogens (tertiary/aromatic N) is 3. The van der Waals surface area contributed by atoms with E-state index in [4.69, 9.17) is 14.7 Å². The molecule has 2 aromatic heterocycles. The molecule has 32 heavy (non-hydrogen) atoms. The standard InChI is InChI=1S/C24H21N3O4S/c1-24(2,29)13-31-19-8-7-17(10-20(19)30-3)27-14-26-18-11-21(32-22(18)23(27)28)16-6-4-5-15(9-16)12-25/h4-11,14,29H,13H2,1-3H3. The number of fused-ring (bicyclic) bond motifs is 1. The molecule has 0 bridgehead atoms. The number of hydrogen-bond acceptors (Lipinski definition) is 7. The minimum atomic E-state index is -0.987. The van der Waals surface area contributed by atoms with E-state index >= 15 is 0 Å². The zero-order valence-electron chi connectivity index (χ0n) is 17.8. The summed E-state index contributed by atoms with van der Waals surface area (Å²) in [5, 5.41) is 19.0. The fourth-order valence-corrected chi connectivity index (χ4v) is 4.20. The molecule has 4 rings (SSSR count). The summed E-state index contributed by atoms with van der Waals surface area (Å²) in [6, 6.07) is 16.4.